The molecule has 0 aliphatic carbocycles. The molecule has 4 N–H and O–H groups in total. The molecule has 0 spiro atoms. The third-order valence-electron chi connectivity index (χ3n) is 4.97. The summed E-state index contributed by atoms with van der Waals surface area (Å²) in [5.74, 6) is 1.27. The van der Waals surface area contributed by atoms with Crippen molar-refractivity contribution in [2.75, 3.05) is 18.0 Å². The monoisotopic (exact) mass is 351 g/mol. The SMILES string of the molecule is NC1(c2nc3ccccc3o2)CCN(c2ncnc3[nH]c(=O)[nH]c23)CC1. The maximum Gasteiger partial charge on any atom is 0.325 e. The highest BCUT2D eigenvalue weighted by Gasteiger charge is 2.37. The Morgan fingerprint density at radius 2 is 1.96 bits per heavy atom. The predicted octanol–water partition coefficient (Wildman–Crippen LogP) is 1.24. The lowest BCUT2D eigenvalue weighted by Gasteiger charge is -2.37. The van der Waals surface area contributed by atoms with Gasteiger partial charge in [-0.3, -0.25) is 4.98 Å². The molecule has 0 saturated carbocycles. The van der Waals surface area contributed by atoms with Crippen molar-refractivity contribution in [3.63, 3.8) is 0 Å². The molecule has 1 aliphatic rings. The molecule has 1 aromatic carbocycles. The number of aromatic nitrogens is 5. The number of nitrogens with zero attached hydrogens (tertiary/aromatic N) is 4. The van der Waals surface area contributed by atoms with Crippen molar-refractivity contribution in [1.82, 2.24) is 24.9 Å². The van der Waals surface area contributed by atoms with Crippen molar-refractivity contribution >= 4 is 28.1 Å². The van der Waals surface area contributed by atoms with Crippen LogP contribution in [0.25, 0.3) is 22.3 Å². The first kappa shape index (κ1) is 15.1. The van der Waals surface area contributed by atoms with Gasteiger partial charge in [-0.2, -0.15) is 0 Å². The van der Waals surface area contributed by atoms with Crippen LogP contribution in [0.15, 0.2) is 39.8 Å². The second kappa shape index (κ2) is 5.40. The standard InChI is InChI=1S/C17H17N7O2/c18-17(15-21-10-3-1-2-4-11(10)26-15)5-7-24(8-6-17)14-12-13(19-9-20-14)23-16(25)22-12/h1-4,9H,5-8,18H2,(H2,19,20,22,23,25). The van der Waals surface area contributed by atoms with Gasteiger partial charge in [0.05, 0.1) is 5.54 Å². The minimum atomic E-state index is -0.618. The number of oxazole rings is 1. The minimum Gasteiger partial charge on any atom is -0.439 e. The number of benzene rings is 1. The molecular formula is C17H17N7O2. The average molecular weight is 351 g/mol. The number of nitrogens with two attached hydrogens (primary N) is 1. The van der Waals surface area contributed by atoms with Gasteiger partial charge < -0.3 is 20.0 Å². The lowest BCUT2D eigenvalue weighted by molar-refractivity contribution is 0.275. The number of piperidine rings is 1. The zero-order chi connectivity index (χ0) is 17.7. The number of H-pyrrole nitrogens is 2. The normalized spacial score (nSPS) is 17.2. The molecule has 1 aliphatic heterocycles. The molecule has 0 bridgehead atoms. The zero-order valence-corrected chi connectivity index (χ0v) is 13.9. The Kier molecular flexibility index (Phi) is 3.13. The number of hydrogen-bond donors (Lipinski definition) is 3. The predicted molar refractivity (Wildman–Crippen MR) is 95.8 cm³/mol. The van der Waals surface area contributed by atoms with E-state index in [2.05, 4.69) is 29.8 Å². The van der Waals surface area contributed by atoms with Gasteiger partial charge in [-0.05, 0) is 25.0 Å². The summed E-state index contributed by atoms with van der Waals surface area (Å²) < 4.78 is 5.89. The van der Waals surface area contributed by atoms with E-state index in [9.17, 15) is 4.79 Å². The molecule has 5 rings (SSSR count). The molecule has 3 aromatic heterocycles. The molecule has 1 fully saturated rings. The highest BCUT2D eigenvalue weighted by molar-refractivity contribution is 5.82. The number of hydrogen-bond acceptors (Lipinski definition) is 7. The van der Waals surface area contributed by atoms with Crippen molar-refractivity contribution in [3.05, 3.63) is 47.0 Å². The van der Waals surface area contributed by atoms with E-state index in [1.54, 1.807) is 0 Å². The lowest BCUT2D eigenvalue weighted by atomic mass is 9.88. The molecule has 9 nitrogen and oxygen atoms in total. The van der Waals surface area contributed by atoms with Gasteiger partial charge in [0, 0.05) is 13.1 Å². The first-order valence-corrected chi connectivity index (χ1v) is 8.45. The Labute approximate surface area is 147 Å². The van der Waals surface area contributed by atoms with Crippen LogP contribution < -0.4 is 16.3 Å². The molecule has 4 heterocycles. The van der Waals surface area contributed by atoms with E-state index >= 15 is 0 Å². The molecule has 0 unspecified atom stereocenters. The van der Waals surface area contributed by atoms with Gasteiger partial charge in [0.15, 0.2) is 17.0 Å². The van der Waals surface area contributed by atoms with Gasteiger partial charge in [0.2, 0.25) is 5.89 Å². The summed E-state index contributed by atoms with van der Waals surface area (Å²) in [6.45, 7) is 1.35. The Balaban J connectivity index is 1.43. The van der Waals surface area contributed by atoms with Crippen LogP contribution in [0, 0.1) is 0 Å². The summed E-state index contributed by atoms with van der Waals surface area (Å²) in [5.41, 5.74) is 8.39. The second-order valence-corrected chi connectivity index (χ2v) is 6.63. The fourth-order valence-corrected chi connectivity index (χ4v) is 3.49. The number of aromatic amines is 2. The van der Waals surface area contributed by atoms with Crippen LogP contribution >= 0.6 is 0 Å². The van der Waals surface area contributed by atoms with Gasteiger partial charge in [-0.15, -0.1) is 0 Å². The van der Waals surface area contributed by atoms with E-state index in [4.69, 9.17) is 10.2 Å². The molecule has 4 aromatic rings. The smallest absolute Gasteiger partial charge is 0.325 e. The Morgan fingerprint density at radius 1 is 1.15 bits per heavy atom. The summed E-state index contributed by atoms with van der Waals surface area (Å²) >= 11 is 0. The summed E-state index contributed by atoms with van der Waals surface area (Å²) in [6.07, 6.45) is 2.78. The van der Waals surface area contributed by atoms with Gasteiger partial charge >= 0.3 is 5.69 Å². The zero-order valence-electron chi connectivity index (χ0n) is 13.9. The second-order valence-electron chi connectivity index (χ2n) is 6.63. The van der Waals surface area contributed by atoms with Crippen LogP contribution in [0.3, 0.4) is 0 Å². The molecule has 0 amide bonds. The van der Waals surface area contributed by atoms with Gasteiger partial charge in [0.1, 0.15) is 17.4 Å². The number of para-hydroxylation sites is 2. The highest BCUT2D eigenvalue weighted by Crippen LogP contribution is 2.34. The topological polar surface area (TPSA) is 130 Å². The largest absolute Gasteiger partial charge is 0.439 e. The van der Waals surface area contributed by atoms with E-state index in [-0.39, 0.29) is 5.69 Å². The Hall–Kier alpha value is -3.20. The van der Waals surface area contributed by atoms with E-state index < -0.39 is 5.54 Å². The number of fused-ring (bicyclic) bond motifs is 2. The first-order valence-electron chi connectivity index (χ1n) is 8.45. The fraction of sp³-hybridized carbons (Fsp3) is 0.294. The number of rotatable bonds is 2. The number of nitrogens with one attached hydrogen (secondary N) is 2. The van der Waals surface area contributed by atoms with Crippen LogP contribution in [-0.2, 0) is 5.54 Å². The lowest BCUT2D eigenvalue weighted by Crippen LogP contribution is -2.48. The third kappa shape index (κ3) is 2.28. The van der Waals surface area contributed by atoms with Gasteiger partial charge in [0.25, 0.3) is 0 Å². The number of anilines is 1. The van der Waals surface area contributed by atoms with E-state index in [0.29, 0.717) is 48.8 Å². The molecule has 9 heteroatoms. The molecule has 1 saturated heterocycles. The minimum absolute atomic E-state index is 0.293. The van der Waals surface area contributed by atoms with E-state index in [0.717, 1.165) is 11.1 Å². The summed E-state index contributed by atoms with van der Waals surface area (Å²) in [4.78, 5) is 32.1. The molecule has 0 atom stereocenters. The van der Waals surface area contributed by atoms with E-state index in [1.807, 2.05) is 24.3 Å². The summed E-state index contributed by atoms with van der Waals surface area (Å²) in [6, 6.07) is 7.66. The fourth-order valence-electron chi connectivity index (χ4n) is 3.49. The van der Waals surface area contributed by atoms with Crippen molar-refractivity contribution in [2.45, 2.75) is 18.4 Å². The molecule has 132 valence electrons. The first-order chi connectivity index (χ1) is 12.6. The average Bonchev–Trinajstić information content (AvgIpc) is 3.25. The van der Waals surface area contributed by atoms with Crippen LogP contribution in [0.4, 0.5) is 5.82 Å². The van der Waals surface area contributed by atoms with Gasteiger partial charge in [-0.25, -0.2) is 19.7 Å². The maximum absolute atomic E-state index is 11.6. The molecular weight excluding hydrogens is 334 g/mol. The maximum atomic E-state index is 11.6. The van der Waals surface area contributed by atoms with Crippen molar-refractivity contribution in [2.24, 2.45) is 5.73 Å². The van der Waals surface area contributed by atoms with Crippen molar-refractivity contribution in [3.8, 4) is 0 Å². The van der Waals surface area contributed by atoms with Crippen molar-refractivity contribution < 1.29 is 4.42 Å². The molecule has 0 radical (unpaired) electrons. The Morgan fingerprint density at radius 3 is 2.77 bits per heavy atom. The van der Waals surface area contributed by atoms with Crippen LogP contribution in [0.2, 0.25) is 0 Å². The molecule has 26 heavy (non-hydrogen) atoms. The summed E-state index contributed by atoms with van der Waals surface area (Å²) in [7, 11) is 0. The van der Waals surface area contributed by atoms with Crippen LogP contribution in [-0.4, -0.2) is 38.0 Å². The quantitative estimate of drug-likeness (QED) is 0.495. The van der Waals surface area contributed by atoms with Gasteiger partial charge in [-0.1, -0.05) is 12.1 Å². The van der Waals surface area contributed by atoms with Crippen LogP contribution in [0.1, 0.15) is 18.7 Å². The van der Waals surface area contributed by atoms with E-state index in [1.165, 1.54) is 6.33 Å². The number of imidazole rings is 1. The van der Waals surface area contributed by atoms with Crippen LogP contribution in [0.5, 0.6) is 0 Å². The highest BCUT2D eigenvalue weighted by atomic mass is 16.4. The third-order valence-corrected chi connectivity index (χ3v) is 4.97. The Bertz CT molecular complexity index is 1120. The van der Waals surface area contributed by atoms with Crippen molar-refractivity contribution in [1.29, 1.82) is 0 Å². The summed E-state index contributed by atoms with van der Waals surface area (Å²) in [5, 5.41) is 0.